The largest absolute Gasteiger partial charge is 0.469 e. The summed E-state index contributed by atoms with van der Waals surface area (Å²) in [5, 5.41) is 0. The van der Waals surface area contributed by atoms with E-state index >= 15 is 0 Å². The van der Waals surface area contributed by atoms with Crippen LogP contribution in [0.5, 0.6) is 0 Å². The molecule has 0 radical (unpaired) electrons. The molecule has 0 aliphatic carbocycles. The van der Waals surface area contributed by atoms with Gasteiger partial charge in [0.1, 0.15) is 5.76 Å². The molecule has 1 atom stereocenters. The van der Waals surface area contributed by atoms with E-state index in [0.29, 0.717) is 6.42 Å². The first kappa shape index (κ1) is 8.85. The van der Waals surface area contributed by atoms with Crippen molar-refractivity contribution >= 4 is 0 Å². The van der Waals surface area contributed by atoms with Gasteiger partial charge in [0.15, 0.2) is 0 Å². The second kappa shape index (κ2) is 3.96. The highest BCUT2D eigenvalue weighted by Gasteiger charge is 2.09. The SMILES string of the molecule is C#CCC(NN)c1coc(C)c1. The van der Waals surface area contributed by atoms with Gasteiger partial charge in [0, 0.05) is 12.0 Å². The van der Waals surface area contributed by atoms with Gasteiger partial charge in [0.2, 0.25) is 0 Å². The molecule has 3 nitrogen and oxygen atoms in total. The number of rotatable bonds is 3. The Kier molecular flexibility index (Phi) is 2.92. The predicted molar refractivity (Wildman–Crippen MR) is 47.0 cm³/mol. The molecule has 0 saturated heterocycles. The van der Waals surface area contributed by atoms with Crippen molar-refractivity contribution in [1.29, 1.82) is 0 Å². The average molecular weight is 164 g/mol. The first-order chi connectivity index (χ1) is 5.77. The van der Waals surface area contributed by atoms with Crippen molar-refractivity contribution in [3.8, 4) is 12.3 Å². The average Bonchev–Trinajstić information content (AvgIpc) is 2.47. The molecule has 1 aromatic rings. The van der Waals surface area contributed by atoms with Gasteiger partial charge in [-0.05, 0) is 13.0 Å². The minimum Gasteiger partial charge on any atom is -0.469 e. The zero-order valence-electron chi connectivity index (χ0n) is 7.00. The molecule has 1 aromatic heterocycles. The number of furan rings is 1. The van der Waals surface area contributed by atoms with E-state index in [1.54, 1.807) is 6.26 Å². The monoisotopic (exact) mass is 164 g/mol. The molecule has 0 saturated carbocycles. The summed E-state index contributed by atoms with van der Waals surface area (Å²) in [7, 11) is 0. The third-order valence-corrected chi connectivity index (χ3v) is 1.68. The second-order valence-corrected chi connectivity index (χ2v) is 2.62. The number of nitrogens with one attached hydrogen (secondary N) is 1. The molecule has 3 N–H and O–H groups in total. The Morgan fingerprint density at radius 1 is 1.83 bits per heavy atom. The molecule has 0 fully saturated rings. The number of hydrogen-bond donors (Lipinski definition) is 2. The Morgan fingerprint density at radius 2 is 2.58 bits per heavy atom. The fourth-order valence-corrected chi connectivity index (χ4v) is 1.04. The molecular formula is C9H12N2O. The minimum absolute atomic E-state index is 0.00699. The lowest BCUT2D eigenvalue weighted by Crippen LogP contribution is -2.27. The van der Waals surface area contributed by atoms with Gasteiger partial charge in [0.05, 0.1) is 12.3 Å². The zero-order valence-corrected chi connectivity index (χ0v) is 7.00. The topological polar surface area (TPSA) is 51.2 Å². The van der Waals surface area contributed by atoms with Gasteiger partial charge in [0.25, 0.3) is 0 Å². The van der Waals surface area contributed by atoms with Gasteiger partial charge >= 0.3 is 0 Å². The summed E-state index contributed by atoms with van der Waals surface area (Å²) in [6, 6.07) is 1.91. The van der Waals surface area contributed by atoms with E-state index in [-0.39, 0.29) is 6.04 Å². The van der Waals surface area contributed by atoms with Gasteiger partial charge in [-0.25, -0.2) is 0 Å². The Labute approximate surface area is 71.9 Å². The van der Waals surface area contributed by atoms with Gasteiger partial charge in [-0.2, -0.15) is 0 Å². The van der Waals surface area contributed by atoms with Crippen LogP contribution in [0.3, 0.4) is 0 Å². The fraction of sp³-hybridized carbons (Fsp3) is 0.333. The summed E-state index contributed by atoms with van der Waals surface area (Å²) in [4.78, 5) is 0. The Morgan fingerprint density at radius 3 is 3.00 bits per heavy atom. The maximum Gasteiger partial charge on any atom is 0.101 e. The maximum atomic E-state index is 5.31. The quantitative estimate of drug-likeness (QED) is 0.400. The first-order valence-electron chi connectivity index (χ1n) is 3.72. The molecule has 3 heteroatoms. The summed E-state index contributed by atoms with van der Waals surface area (Å²) in [6.07, 6.45) is 7.40. The molecule has 0 amide bonds. The molecule has 1 rings (SSSR count). The van der Waals surface area contributed by atoms with Crippen LogP contribution in [0.2, 0.25) is 0 Å². The van der Waals surface area contributed by atoms with E-state index in [2.05, 4.69) is 11.3 Å². The van der Waals surface area contributed by atoms with Gasteiger partial charge in [-0.3, -0.25) is 11.3 Å². The Balaban J connectivity index is 2.74. The third-order valence-electron chi connectivity index (χ3n) is 1.68. The number of aryl methyl sites for hydroxylation is 1. The van der Waals surface area contributed by atoms with Crippen molar-refractivity contribution < 1.29 is 4.42 Å². The van der Waals surface area contributed by atoms with E-state index in [0.717, 1.165) is 11.3 Å². The van der Waals surface area contributed by atoms with Crippen molar-refractivity contribution in [2.24, 2.45) is 5.84 Å². The molecule has 1 unspecified atom stereocenters. The number of terminal acetylenes is 1. The van der Waals surface area contributed by atoms with E-state index in [4.69, 9.17) is 16.7 Å². The van der Waals surface area contributed by atoms with E-state index in [1.807, 2.05) is 13.0 Å². The summed E-state index contributed by atoms with van der Waals surface area (Å²) >= 11 is 0. The molecule has 1 heterocycles. The summed E-state index contributed by atoms with van der Waals surface area (Å²) in [6.45, 7) is 1.88. The van der Waals surface area contributed by atoms with Crippen molar-refractivity contribution in [2.45, 2.75) is 19.4 Å². The molecular weight excluding hydrogens is 152 g/mol. The normalized spacial score (nSPS) is 12.4. The summed E-state index contributed by atoms with van der Waals surface area (Å²) in [5.41, 5.74) is 3.62. The molecule has 0 aromatic carbocycles. The van der Waals surface area contributed by atoms with Gasteiger partial charge < -0.3 is 4.42 Å². The minimum atomic E-state index is -0.00699. The molecule has 0 aliphatic heterocycles. The van der Waals surface area contributed by atoms with Crippen molar-refractivity contribution in [3.63, 3.8) is 0 Å². The molecule has 0 spiro atoms. The standard InChI is InChI=1S/C9H12N2O/c1-3-4-9(11-10)8-5-7(2)12-6-8/h1,5-6,9,11H,4,10H2,2H3. The van der Waals surface area contributed by atoms with Crippen LogP contribution < -0.4 is 11.3 Å². The Bertz CT molecular complexity index is 285. The van der Waals surface area contributed by atoms with Crippen LogP contribution in [-0.4, -0.2) is 0 Å². The van der Waals surface area contributed by atoms with Crippen LogP contribution in [0.1, 0.15) is 23.8 Å². The van der Waals surface area contributed by atoms with Crippen molar-refractivity contribution in [3.05, 3.63) is 23.7 Å². The Hall–Kier alpha value is -1.24. The number of hydrazine groups is 1. The highest BCUT2D eigenvalue weighted by molar-refractivity contribution is 5.17. The summed E-state index contributed by atoms with van der Waals surface area (Å²) < 4.78 is 5.13. The molecule has 64 valence electrons. The van der Waals surface area contributed by atoms with Crippen molar-refractivity contribution in [2.75, 3.05) is 0 Å². The maximum absolute atomic E-state index is 5.31. The highest BCUT2D eigenvalue weighted by atomic mass is 16.3. The fourth-order valence-electron chi connectivity index (χ4n) is 1.04. The van der Waals surface area contributed by atoms with Crippen LogP contribution in [0.25, 0.3) is 0 Å². The predicted octanol–water partition coefficient (Wildman–Crippen LogP) is 1.12. The number of nitrogens with two attached hydrogens (primary N) is 1. The molecule has 0 bridgehead atoms. The second-order valence-electron chi connectivity index (χ2n) is 2.62. The van der Waals surface area contributed by atoms with Crippen LogP contribution in [0.4, 0.5) is 0 Å². The molecule has 0 aliphatic rings. The lowest BCUT2D eigenvalue weighted by atomic mass is 10.1. The molecule has 12 heavy (non-hydrogen) atoms. The van der Waals surface area contributed by atoms with Gasteiger partial charge in [-0.15, -0.1) is 12.3 Å². The van der Waals surface area contributed by atoms with E-state index in [9.17, 15) is 0 Å². The lowest BCUT2D eigenvalue weighted by Gasteiger charge is -2.08. The van der Waals surface area contributed by atoms with Crippen LogP contribution in [-0.2, 0) is 0 Å². The first-order valence-corrected chi connectivity index (χ1v) is 3.72. The summed E-state index contributed by atoms with van der Waals surface area (Å²) in [5.74, 6) is 8.72. The van der Waals surface area contributed by atoms with Crippen LogP contribution >= 0.6 is 0 Å². The van der Waals surface area contributed by atoms with E-state index < -0.39 is 0 Å². The van der Waals surface area contributed by atoms with Gasteiger partial charge in [-0.1, -0.05) is 0 Å². The third kappa shape index (κ3) is 1.88. The van der Waals surface area contributed by atoms with Crippen molar-refractivity contribution in [1.82, 2.24) is 5.43 Å². The van der Waals surface area contributed by atoms with Crippen LogP contribution in [0, 0.1) is 19.3 Å². The number of hydrogen-bond acceptors (Lipinski definition) is 3. The highest BCUT2D eigenvalue weighted by Crippen LogP contribution is 2.17. The van der Waals surface area contributed by atoms with Crippen LogP contribution in [0.15, 0.2) is 16.7 Å². The zero-order chi connectivity index (χ0) is 8.97. The smallest absolute Gasteiger partial charge is 0.101 e. The lowest BCUT2D eigenvalue weighted by molar-refractivity contribution is 0.516. The van der Waals surface area contributed by atoms with E-state index in [1.165, 1.54) is 0 Å².